The van der Waals surface area contributed by atoms with Gasteiger partial charge in [0.1, 0.15) is 0 Å². The summed E-state index contributed by atoms with van der Waals surface area (Å²) in [6, 6.07) is 18.7. The molecule has 0 heterocycles. The Bertz CT molecular complexity index is 1030. The molecular formula is C20H22F6O6RuS2. The third kappa shape index (κ3) is 18.2. The summed E-state index contributed by atoms with van der Waals surface area (Å²) in [5.74, 6) is 0.653. The summed E-state index contributed by atoms with van der Waals surface area (Å²) >= 11 is 0. The first-order valence-corrected chi connectivity index (χ1v) is 11.7. The minimum Gasteiger partial charge on any atom is -0.741 e. The predicted molar refractivity (Wildman–Crippen MR) is 113 cm³/mol. The Morgan fingerprint density at radius 3 is 1.29 bits per heavy atom. The van der Waals surface area contributed by atoms with E-state index in [4.69, 9.17) is 25.9 Å². The molecule has 0 saturated heterocycles. The molecule has 0 radical (unpaired) electrons. The molecule has 0 unspecified atom stereocenters. The van der Waals surface area contributed by atoms with Crippen molar-refractivity contribution in [2.24, 2.45) is 0 Å². The van der Waals surface area contributed by atoms with Crippen molar-refractivity contribution < 1.29 is 71.8 Å². The van der Waals surface area contributed by atoms with Gasteiger partial charge in [0.25, 0.3) is 0 Å². The van der Waals surface area contributed by atoms with Crippen LogP contribution < -0.4 is 0 Å². The van der Waals surface area contributed by atoms with Crippen molar-refractivity contribution in [2.75, 3.05) is 0 Å². The molecule has 0 aliphatic rings. The molecule has 2 aromatic rings. The second kappa shape index (κ2) is 16.0. The third-order valence-corrected chi connectivity index (χ3v) is 4.48. The molecule has 2 rings (SSSR count). The molecule has 0 bridgehead atoms. The fraction of sp³-hybridized carbons (Fsp3) is 0.300. The summed E-state index contributed by atoms with van der Waals surface area (Å²) in [7, 11) is -12.2. The van der Waals surface area contributed by atoms with Crippen LogP contribution in [0.25, 0.3) is 6.08 Å². The summed E-state index contributed by atoms with van der Waals surface area (Å²) in [4.78, 5) is 0. The molecule has 6 nitrogen and oxygen atoms in total. The van der Waals surface area contributed by atoms with E-state index in [2.05, 4.69) is 51.6 Å². The number of alkyl halides is 6. The first-order chi connectivity index (χ1) is 15.1. The van der Waals surface area contributed by atoms with Gasteiger partial charge in [0.2, 0.25) is 0 Å². The van der Waals surface area contributed by atoms with Crippen LogP contribution in [0.5, 0.6) is 0 Å². The fourth-order valence-corrected chi connectivity index (χ4v) is 1.54. The Labute approximate surface area is 213 Å². The molecule has 0 amide bonds. The molecule has 2 aromatic carbocycles. The fourth-order valence-electron chi connectivity index (χ4n) is 1.54. The number of hydrogen-bond acceptors (Lipinski definition) is 6. The van der Waals surface area contributed by atoms with E-state index in [1.54, 1.807) is 0 Å². The Kier molecular flexibility index (Phi) is 17.3. The van der Waals surface area contributed by atoms with Gasteiger partial charge in [-0.15, -0.1) is 0 Å². The van der Waals surface area contributed by atoms with Gasteiger partial charge in [-0.05, 0) is 24.0 Å². The molecule has 0 spiro atoms. The minimum absolute atomic E-state index is 0. The Balaban J connectivity index is -0.000000389. The van der Waals surface area contributed by atoms with Crippen molar-refractivity contribution in [1.82, 2.24) is 0 Å². The summed E-state index contributed by atoms with van der Waals surface area (Å²) in [5.41, 5.74) is -7.36. The van der Waals surface area contributed by atoms with Crippen molar-refractivity contribution in [1.29, 1.82) is 0 Å². The second-order valence-corrected chi connectivity index (χ2v) is 9.22. The van der Waals surface area contributed by atoms with E-state index >= 15 is 0 Å². The Hall–Kier alpha value is -1.80. The van der Waals surface area contributed by atoms with Crippen LogP contribution >= 0.6 is 0 Å². The summed E-state index contributed by atoms with van der Waals surface area (Å²) in [6.45, 7) is 10.2. The van der Waals surface area contributed by atoms with Gasteiger partial charge >= 0.3 is 30.5 Å². The number of hydrogen-bond donors (Lipinski definition) is 0. The average Bonchev–Trinajstić information content (AvgIpc) is 2.67. The minimum atomic E-state index is -6.09. The van der Waals surface area contributed by atoms with E-state index in [-0.39, 0.29) is 19.5 Å². The molecule has 0 aliphatic carbocycles. The SMILES string of the molecule is C=Cc1ccccc1.Cc1ccc(C(C)C)cc1.O=S(=O)([O-])C(F)(F)F.O=S(=O)([O-])C(F)(F)F.[Ru+2]. The van der Waals surface area contributed by atoms with E-state index < -0.39 is 31.3 Å². The van der Waals surface area contributed by atoms with E-state index in [0.717, 1.165) is 0 Å². The van der Waals surface area contributed by atoms with Crippen molar-refractivity contribution in [3.63, 3.8) is 0 Å². The molecular weight excluding hydrogens is 615 g/mol. The number of aryl methyl sites for hydroxylation is 1. The van der Waals surface area contributed by atoms with E-state index in [1.165, 1.54) is 16.7 Å². The van der Waals surface area contributed by atoms with Crippen molar-refractivity contribution in [3.05, 3.63) is 77.9 Å². The maximum Gasteiger partial charge on any atom is 2.00 e. The van der Waals surface area contributed by atoms with Crippen LogP contribution in [0.2, 0.25) is 0 Å². The quantitative estimate of drug-likeness (QED) is 0.185. The molecule has 15 heteroatoms. The van der Waals surface area contributed by atoms with Gasteiger partial charge in [-0.1, -0.05) is 86.7 Å². The molecule has 0 saturated carbocycles. The second-order valence-electron chi connectivity index (χ2n) is 6.48. The van der Waals surface area contributed by atoms with Crippen LogP contribution in [-0.2, 0) is 39.7 Å². The standard InChI is InChI=1S/C10H14.C8H8.2CHF3O3S.Ru/c1-8(2)10-6-4-9(3)5-7-10;1-2-8-6-4-3-5-7-8;2*2-1(3,4)8(5,6)7;/h4-8H,1-3H3;2-7H,1H2;2*(H,5,6,7);/q;;;;+2/p-2. The van der Waals surface area contributed by atoms with Gasteiger partial charge in [0.15, 0.2) is 20.2 Å². The largest absolute Gasteiger partial charge is 2.00 e. The molecule has 35 heavy (non-hydrogen) atoms. The third-order valence-electron chi connectivity index (χ3n) is 3.35. The number of halogens is 6. The van der Waals surface area contributed by atoms with Crippen molar-refractivity contribution in [2.45, 2.75) is 37.7 Å². The van der Waals surface area contributed by atoms with E-state index in [9.17, 15) is 26.3 Å². The zero-order valence-corrected chi connectivity index (χ0v) is 21.8. The smallest absolute Gasteiger partial charge is 0.741 e. The van der Waals surface area contributed by atoms with Crippen LogP contribution in [0.4, 0.5) is 26.3 Å². The molecule has 0 aliphatic heterocycles. The van der Waals surface area contributed by atoms with E-state index in [0.29, 0.717) is 5.92 Å². The zero-order chi connectivity index (χ0) is 27.4. The number of rotatable bonds is 2. The summed E-state index contributed by atoms with van der Waals surface area (Å²) in [6.07, 6.45) is 1.83. The maximum absolute atomic E-state index is 10.7. The summed E-state index contributed by atoms with van der Waals surface area (Å²) < 4.78 is 118. The normalized spacial score (nSPS) is 11.3. The molecule has 0 fully saturated rings. The maximum atomic E-state index is 10.7. The summed E-state index contributed by atoms with van der Waals surface area (Å²) in [5, 5.41) is 0. The molecule has 200 valence electrons. The average molecular weight is 638 g/mol. The van der Waals surface area contributed by atoms with Crippen LogP contribution in [0.3, 0.4) is 0 Å². The van der Waals surface area contributed by atoms with Gasteiger partial charge in [-0.3, -0.25) is 0 Å². The van der Waals surface area contributed by atoms with Crippen LogP contribution in [0.1, 0.15) is 36.5 Å². The van der Waals surface area contributed by atoms with Crippen molar-refractivity contribution in [3.8, 4) is 0 Å². The Morgan fingerprint density at radius 2 is 1.09 bits per heavy atom. The van der Waals surface area contributed by atoms with E-state index in [1.807, 2.05) is 36.4 Å². The van der Waals surface area contributed by atoms with Gasteiger partial charge in [-0.2, -0.15) is 26.3 Å². The first kappa shape index (κ1) is 37.7. The van der Waals surface area contributed by atoms with Gasteiger partial charge in [-0.25, -0.2) is 16.8 Å². The van der Waals surface area contributed by atoms with Crippen LogP contribution in [-0.4, -0.2) is 37.0 Å². The van der Waals surface area contributed by atoms with Gasteiger partial charge < -0.3 is 9.11 Å². The number of benzene rings is 2. The Morgan fingerprint density at radius 1 is 0.771 bits per heavy atom. The molecule has 0 aromatic heterocycles. The van der Waals surface area contributed by atoms with Crippen LogP contribution in [0.15, 0.2) is 61.2 Å². The monoisotopic (exact) mass is 638 g/mol. The first-order valence-electron chi connectivity index (χ1n) is 8.91. The zero-order valence-electron chi connectivity index (χ0n) is 18.4. The van der Waals surface area contributed by atoms with Crippen LogP contribution in [0, 0.1) is 6.92 Å². The van der Waals surface area contributed by atoms with Gasteiger partial charge in [0.05, 0.1) is 0 Å². The topological polar surface area (TPSA) is 114 Å². The van der Waals surface area contributed by atoms with Gasteiger partial charge in [0, 0.05) is 0 Å². The molecule has 0 N–H and O–H groups in total. The van der Waals surface area contributed by atoms with Crippen molar-refractivity contribution >= 4 is 26.3 Å². The predicted octanol–water partition coefficient (Wildman–Crippen LogP) is 5.55. The molecule has 0 atom stereocenters.